The Kier molecular flexibility index (Phi) is 6.20. The zero-order chi connectivity index (χ0) is 20.5. The summed E-state index contributed by atoms with van der Waals surface area (Å²) in [5, 5.41) is 9.95. The molecule has 0 fully saturated rings. The van der Waals surface area contributed by atoms with E-state index in [1.165, 1.54) is 30.3 Å². The van der Waals surface area contributed by atoms with E-state index in [0.717, 1.165) is 6.07 Å². The first kappa shape index (κ1) is 20.9. The van der Waals surface area contributed by atoms with Crippen LogP contribution in [0.5, 0.6) is 0 Å². The molecule has 0 atom stereocenters. The van der Waals surface area contributed by atoms with E-state index >= 15 is 0 Å². The second kappa shape index (κ2) is 8.29. The monoisotopic (exact) mass is 524 g/mol. The lowest BCUT2D eigenvalue weighted by molar-refractivity contribution is 0.102. The smallest absolute Gasteiger partial charge is 0.291 e. The van der Waals surface area contributed by atoms with Crippen LogP contribution in [-0.4, -0.2) is 24.5 Å². The highest BCUT2D eigenvalue weighted by Gasteiger charge is 2.23. The van der Waals surface area contributed by atoms with Gasteiger partial charge in [-0.25, -0.2) is 4.39 Å². The maximum Gasteiger partial charge on any atom is 0.291 e. The minimum absolute atomic E-state index is 0.0762. The van der Waals surface area contributed by atoms with Crippen LogP contribution in [0.2, 0.25) is 10.0 Å². The predicted molar refractivity (Wildman–Crippen MR) is 109 cm³/mol. The van der Waals surface area contributed by atoms with E-state index in [-0.39, 0.29) is 21.4 Å². The van der Waals surface area contributed by atoms with Crippen molar-refractivity contribution in [3.63, 3.8) is 0 Å². The van der Waals surface area contributed by atoms with E-state index in [1.54, 1.807) is 0 Å². The van der Waals surface area contributed by atoms with Crippen molar-refractivity contribution < 1.29 is 17.6 Å². The number of carbonyl (C=O) groups excluding carboxylic acids is 1. The van der Waals surface area contributed by atoms with Crippen LogP contribution in [0.15, 0.2) is 45.2 Å². The molecule has 1 heterocycles. The molecule has 0 saturated heterocycles. The Bertz CT molecular complexity index is 1170. The quantitative estimate of drug-likeness (QED) is 0.466. The second-order valence-corrected chi connectivity index (χ2v) is 9.77. The summed E-state index contributed by atoms with van der Waals surface area (Å²) in [7, 11) is -4.20. The number of nitrogens with one attached hydrogen (secondary N) is 2. The third-order valence-corrected chi connectivity index (χ3v) is 6.82. The summed E-state index contributed by atoms with van der Waals surface area (Å²) >= 11 is 15.4. The fraction of sp³-hybridized carbons (Fsp3) is 0. The van der Waals surface area contributed by atoms with Gasteiger partial charge in [0, 0.05) is 9.50 Å². The number of hydrogen-bond donors (Lipinski definition) is 2. The lowest BCUT2D eigenvalue weighted by Gasteiger charge is -2.06. The largest absolute Gasteiger partial charge is 0.296 e. The number of sulfonamides is 1. The van der Waals surface area contributed by atoms with Crippen molar-refractivity contribution in [3.8, 4) is 0 Å². The van der Waals surface area contributed by atoms with Crippen LogP contribution >= 0.6 is 50.5 Å². The molecule has 28 heavy (non-hydrogen) atoms. The van der Waals surface area contributed by atoms with Crippen LogP contribution in [0.4, 0.5) is 15.2 Å². The van der Waals surface area contributed by atoms with Gasteiger partial charge in [0.2, 0.25) is 5.13 Å². The van der Waals surface area contributed by atoms with E-state index in [0.29, 0.717) is 20.8 Å². The van der Waals surface area contributed by atoms with Crippen LogP contribution in [0.3, 0.4) is 0 Å². The van der Waals surface area contributed by atoms with E-state index < -0.39 is 26.1 Å². The number of hydrogen-bond acceptors (Lipinski definition) is 6. The van der Waals surface area contributed by atoms with E-state index in [9.17, 15) is 17.6 Å². The van der Waals surface area contributed by atoms with Gasteiger partial charge in [0.15, 0.2) is 0 Å². The molecule has 1 amide bonds. The molecular formula is C15H8BrCl2FN4O3S2. The average molecular weight is 526 g/mol. The Morgan fingerprint density at radius 1 is 1.14 bits per heavy atom. The molecule has 0 aliphatic rings. The van der Waals surface area contributed by atoms with Gasteiger partial charge in [-0.1, -0.05) is 50.5 Å². The van der Waals surface area contributed by atoms with Crippen LogP contribution in [0.25, 0.3) is 0 Å². The third kappa shape index (κ3) is 4.78. The first-order valence-electron chi connectivity index (χ1n) is 7.23. The van der Waals surface area contributed by atoms with Gasteiger partial charge < -0.3 is 0 Å². The number of aromatic nitrogens is 2. The molecule has 0 aliphatic heterocycles. The molecular weight excluding hydrogens is 518 g/mol. The highest BCUT2D eigenvalue weighted by molar-refractivity contribution is 9.10. The normalized spacial score (nSPS) is 11.3. The molecule has 0 aliphatic carbocycles. The van der Waals surface area contributed by atoms with Crippen molar-refractivity contribution in [3.05, 3.63) is 62.3 Å². The summed E-state index contributed by atoms with van der Waals surface area (Å²) < 4.78 is 40.7. The molecule has 0 spiro atoms. The lowest BCUT2D eigenvalue weighted by Crippen LogP contribution is -2.13. The highest BCUT2D eigenvalue weighted by Crippen LogP contribution is 2.27. The van der Waals surface area contributed by atoms with Crippen LogP contribution < -0.4 is 10.0 Å². The predicted octanol–water partition coefficient (Wildman–Crippen LogP) is 4.80. The van der Waals surface area contributed by atoms with Gasteiger partial charge in [0.1, 0.15) is 5.82 Å². The molecule has 1 aromatic heterocycles. The fourth-order valence-electron chi connectivity index (χ4n) is 1.97. The maximum atomic E-state index is 13.9. The SMILES string of the molecule is O=C(Nc1nnc(S(=O)(=O)Nc2ccc(Br)cc2F)s1)c1ccc(Cl)cc1Cl. The highest BCUT2D eigenvalue weighted by atomic mass is 79.9. The van der Waals surface area contributed by atoms with E-state index in [1.807, 2.05) is 0 Å². The first-order chi connectivity index (χ1) is 13.2. The number of nitrogens with zero attached hydrogens (tertiary/aromatic N) is 2. The topological polar surface area (TPSA) is 101 Å². The molecule has 0 bridgehead atoms. The van der Waals surface area contributed by atoms with Crippen molar-refractivity contribution in [2.45, 2.75) is 4.34 Å². The summed E-state index contributed by atoms with van der Waals surface area (Å²) in [6.45, 7) is 0. The van der Waals surface area contributed by atoms with E-state index in [2.05, 4.69) is 36.2 Å². The Hall–Kier alpha value is -1.79. The molecule has 146 valence electrons. The number of halogens is 4. The minimum atomic E-state index is -4.20. The summed E-state index contributed by atoms with van der Waals surface area (Å²) in [6, 6.07) is 8.13. The van der Waals surface area contributed by atoms with Gasteiger partial charge >= 0.3 is 0 Å². The molecule has 2 N–H and O–H groups in total. The number of carbonyl (C=O) groups is 1. The average Bonchev–Trinajstić information content (AvgIpc) is 3.06. The van der Waals surface area contributed by atoms with Gasteiger partial charge in [-0.2, -0.15) is 8.42 Å². The lowest BCUT2D eigenvalue weighted by atomic mass is 10.2. The van der Waals surface area contributed by atoms with Crippen molar-refractivity contribution in [1.82, 2.24) is 10.2 Å². The molecule has 0 saturated carbocycles. The third-order valence-electron chi connectivity index (χ3n) is 3.21. The Morgan fingerprint density at radius 2 is 1.89 bits per heavy atom. The zero-order valence-corrected chi connectivity index (χ0v) is 18.1. The summed E-state index contributed by atoms with van der Waals surface area (Å²) in [4.78, 5) is 12.3. The molecule has 2 aromatic carbocycles. The van der Waals surface area contributed by atoms with Crippen molar-refractivity contribution in [1.29, 1.82) is 0 Å². The molecule has 0 unspecified atom stereocenters. The number of benzene rings is 2. The second-order valence-electron chi connectivity index (χ2n) is 5.18. The van der Waals surface area contributed by atoms with Gasteiger partial charge in [-0.05, 0) is 36.4 Å². The van der Waals surface area contributed by atoms with Crippen molar-refractivity contribution in [2.24, 2.45) is 0 Å². The van der Waals surface area contributed by atoms with Crippen molar-refractivity contribution in [2.75, 3.05) is 10.0 Å². The Morgan fingerprint density at radius 3 is 2.57 bits per heavy atom. The molecule has 13 heteroatoms. The number of anilines is 2. The zero-order valence-electron chi connectivity index (χ0n) is 13.4. The van der Waals surface area contributed by atoms with Gasteiger partial charge in [-0.15, -0.1) is 10.2 Å². The van der Waals surface area contributed by atoms with E-state index in [4.69, 9.17) is 23.2 Å². The minimum Gasteiger partial charge on any atom is -0.296 e. The number of rotatable bonds is 5. The van der Waals surface area contributed by atoms with Crippen LogP contribution in [0.1, 0.15) is 10.4 Å². The number of amides is 1. The maximum absolute atomic E-state index is 13.9. The summed E-state index contributed by atoms with van der Waals surface area (Å²) in [6.07, 6.45) is 0. The Balaban J connectivity index is 1.78. The summed E-state index contributed by atoms with van der Waals surface area (Å²) in [5.41, 5.74) is -0.127. The standard InChI is InChI=1S/C15H8BrCl2FN4O3S2/c16-7-1-4-12(11(19)5-7)23-28(25,26)15-22-21-14(27-15)20-13(24)9-3-2-8(17)6-10(9)18/h1-6,23H,(H,20,21,24). The van der Waals surface area contributed by atoms with Crippen LogP contribution in [-0.2, 0) is 10.0 Å². The van der Waals surface area contributed by atoms with Gasteiger partial charge in [-0.3, -0.25) is 14.8 Å². The molecule has 0 radical (unpaired) electrons. The Labute approximate surface area is 181 Å². The molecule has 3 aromatic rings. The van der Waals surface area contributed by atoms with Gasteiger partial charge in [0.25, 0.3) is 20.3 Å². The fourth-order valence-corrected chi connectivity index (χ4v) is 4.76. The first-order valence-corrected chi connectivity index (χ1v) is 11.1. The molecule has 3 rings (SSSR count). The van der Waals surface area contributed by atoms with Crippen LogP contribution in [0, 0.1) is 5.82 Å². The summed E-state index contributed by atoms with van der Waals surface area (Å²) in [5.74, 6) is -1.39. The van der Waals surface area contributed by atoms with Crippen molar-refractivity contribution >= 4 is 77.2 Å². The molecule has 7 nitrogen and oxygen atoms in total. The van der Waals surface area contributed by atoms with Gasteiger partial charge in [0.05, 0.1) is 16.3 Å².